The zero-order chi connectivity index (χ0) is 17.5. The number of hydrogen-bond acceptors (Lipinski definition) is 2. The third kappa shape index (κ3) is 2.79. The van der Waals surface area contributed by atoms with Gasteiger partial charge in [0.05, 0.1) is 17.0 Å². The number of halogens is 3. The average Bonchev–Trinajstić information content (AvgIpc) is 2.65. The molecule has 2 aromatic rings. The van der Waals surface area contributed by atoms with E-state index in [4.69, 9.17) is 0 Å². The summed E-state index contributed by atoms with van der Waals surface area (Å²) < 4.78 is 39.0. The van der Waals surface area contributed by atoms with Crippen LogP contribution in [0.25, 0.3) is 0 Å². The molecule has 0 N–H and O–H groups in total. The normalized spacial score (nSPS) is 18.0. The molecule has 2 aromatic carbocycles. The highest BCUT2D eigenvalue weighted by Gasteiger charge is 2.32. The first-order chi connectivity index (χ1) is 11.3. The van der Waals surface area contributed by atoms with Crippen molar-refractivity contribution < 1.29 is 18.0 Å². The number of carbonyl (C=O) groups excluding carboxylic acids is 1. The molecule has 1 atom stereocenters. The van der Waals surface area contributed by atoms with Crippen molar-refractivity contribution in [2.75, 3.05) is 11.9 Å². The lowest BCUT2D eigenvalue weighted by Gasteiger charge is -2.19. The van der Waals surface area contributed by atoms with Crippen LogP contribution >= 0.6 is 0 Å². The van der Waals surface area contributed by atoms with E-state index in [9.17, 15) is 18.0 Å². The number of para-hydroxylation sites is 1. The Kier molecular flexibility index (Phi) is 3.91. The van der Waals surface area contributed by atoms with Gasteiger partial charge >= 0.3 is 6.18 Å². The number of alkyl halides is 3. The van der Waals surface area contributed by atoms with Crippen molar-refractivity contribution in [1.29, 1.82) is 0 Å². The maximum atomic E-state index is 13.0. The zero-order valence-electron chi connectivity index (χ0n) is 13.1. The summed E-state index contributed by atoms with van der Waals surface area (Å²) in [4.78, 5) is 18.2. The van der Waals surface area contributed by atoms with Crippen LogP contribution in [-0.2, 0) is 11.0 Å². The van der Waals surface area contributed by atoms with E-state index < -0.39 is 17.8 Å². The highest BCUT2D eigenvalue weighted by Crippen LogP contribution is 2.32. The average molecular weight is 332 g/mol. The van der Waals surface area contributed by atoms with Crippen LogP contribution in [0.5, 0.6) is 0 Å². The largest absolute Gasteiger partial charge is 0.416 e. The molecule has 1 aliphatic rings. The second-order valence-electron chi connectivity index (χ2n) is 5.65. The minimum Gasteiger partial charge on any atom is -0.313 e. The highest BCUT2D eigenvalue weighted by molar-refractivity contribution is 6.20. The van der Waals surface area contributed by atoms with Gasteiger partial charge in [-0.2, -0.15) is 13.2 Å². The molecule has 1 aliphatic heterocycles. The molecule has 0 fully saturated rings. The molecular weight excluding hydrogens is 317 g/mol. The van der Waals surface area contributed by atoms with E-state index in [2.05, 4.69) is 4.99 Å². The number of benzodiazepines with no additional fused rings is 1. The van der Waals surface area contributed by atoms with Crippen LogP contribution in [0.15, 0.2) is 53.5 Å². The SMILES string of the molecule is CC1N=C(c2cccc(C(F)(F)F)c2)c2ccccc2N(C)C1=O. The molecule has 0 spiro atoms. The third-order valence-corrected chi connectivity index (χ3v) is 3.99. The standard InChI is InChI=1S/C18H15F3N2O/c1-11-17(24)23(2)15-9-4-3-8-14(15)16(22-11)12-6-5-7-13(10-12)18(19,20)21/h3-11H,1-2H3. The molecular formula is C18H15F3N2O. The fourth-order valence-electron chi connectivity index (χ4n) is 2.76. The summed E-state index contributed by atoms with van der Waals surface area (Å²) in [6.45, 7) is 1.64. The quantitative estimate of drug-likeness (QED) is 0.779. The maximum Gasteiger partial charge on any atom is 0.416 e. The summed E-state index contributed by atoms with van der Waals surface area (Å²) in [7, 11) is 1.64. The van der Waals surface area contributed by atoms with Gasteiger partial charge in [0.25, 0.3) is 5.91 Å². The second kappa shape index (κ2) is 5.78. The van der Waals surface area contributed by atoms with Gasteiger partial charge in [-0.15, -0.1) is 0 Å². The molecule has 0 saturated carbocycles. The Morgan fingerprint density at radius 3 is 2.50 bits per heavy atom. The third-order valence-electron chi connectivity index (χ3n) is 3.99. The highest BCUT2D eigenvalue weighted by atomic mass is 19.4. The molecule has 1 unspecified atom stereocenters. The first kappa shape index (κ1) is 16.2. The lowest BCUT2D eigenvalue weighted by molar-refractivity contribution is -0.137. The molecule has 0 aliphatic carbocycles. The number of rotatable bonds is 1. The molecule has 3 nitrogen and oxygen atoms in total. The summed E-state index contributed by atoms with van der Waals surface area (Å²) in [5, 5.41) is 0. The Bertz CT molecular complexity index is 827. The van der Waals surface area contributed by atoms with E-state index >= 15 is 0 Å². The van der Waals surface area contributed by atoms with Crippen LogP contribution in [0.4, 0.5) is 18.9 Å². The fourth-order valence-corrected chi connectivity index (χ4v) is 2.76. The number of amides is 1. The van der Waals surface area contributed by atoms with E-state index in [-0.39, 0.29) is 5.91 Å². The molecule has 0 bridgehead atoms. The van der Waals surface area contributed by atoms with E-state index in [0.717, 1.165) is 12.1 Å². The summed E-state index contributed by atoms with van der Waals surface area (Å²) in [6, 6.07) is 11.4. The van der Waals surface area contributed by atoms with Gasteiger partial charge in [-0.25, -0.2) is 0 Å². The minimum atomic E-state index is -4.43. The van der Waals surface area contributed by atoms with Crippen molar-refractivity contribution in [3.63, 3.8) is 0 Å². The summed E-state index contributed by atoms with van der Waals surface area (Å²) >= 11 is 0. The van der Waals surface area contributed by atoms with Crippen LogP contribution in [0.2, 0.25) is 0 Å². The van der Waals surface area contributed by atoms with E-state index in [1.165, 1.54) is 11.0 Å². The number of likely N-dealkylation sites (N-methyl/N-ethyl adjacent to an activating group) is 1. The van der Waals surface area contributed by atoms with Crippen molar-refractivity contribution in [1.82, 2.24) is 0 Å². The van der Waals surface area contributed by atoms with Gasteiger partial charge in [-0.05, 0) is 25.1 Å². The molecule has 0 saturated heterocycles. The van der Waals surface area contributed by atoms with E-state index in [1.54, 1.807) is 44.3 Å². The van der Waals surface area contributed by atoms with Crippen LogP contribution in [0.3, 0.4) is 0 Å². The van der Waals surface area contributed by atoms with Crippen molar-refractivity contribution >= 4 is 17.3 Å². The predicted octanol–water partition coefficient (Wildman–Crippen LogP) is 3.91. The van der Waals surface area contributed by atoms with Crippen LogP contribution in [0.1, 0.15) is 23.6 Å². The molecule has 1 amide bonds. The second-order valence-corrected chi connectivity index (χ2v) is 5.65. The predicted molar refractivity (Wildman–Crippen MR) is 86.4 cm³/mol. The first-order valence-corrected chi connectivity index (χ1v) is 7.41. The van der Waals surface area contributed by atoms with Crippen molar-refractivity contribution in [3.05, 3.63) is 65.2 Å². The van der Waals surface area contributed by atoms with Gasteiger partial charge in [-0.3, -0.25) is 9.79 Å². The van der Waals surface area contributed by atoms with Crippen molar-refractivity contribution in [2.45, 2.75) is 19.1 Å². The number of anilines is 1. The Balaban J connectivity index is 2.21. The minimum absolute atomic E-state index is 0.204. The van der Waals surface area contributed by atoms with Crippen LogP contribution in [0, 0.1) is 0 Å². The fraction of sp³-hybridized carbons (Fsp3) is 0.222. The maximum absolute atomic E-state index is 13.0. The Morgan fingerprint density at radius 1 is 1.08 bits per heavy atom. The van der Waals surface area contributed by atoms with Crippen molar-refractivity contribution in [2.24, 2.45) is 4.99 Å². The Labute approximate surface area is 137 Å². The van der Waals surface area contributed by atoms with Gasteiger partial charge < -0.3 is 4.90 Å². The molecule has 3 rings (SSSR count). The number of hydrogen-bond donors (Lipinski definition) is 0. The van der Waals surface area contributed by atoms with Gasteiger partial charge in [0, 0.05) is 18.2 Å². The number of aliphatic imine (C=N–C) groups is 1. The molecule has 24 heavy (non-hydrogen) atoms. The zero-order valence-corrected chi connectivity index (χ0v) is 13.1. The smallest absolute Gasteiger partial charge is 0.313 e. The van der Waals surface area contributed by atoms with Crippen molar-refractivity contribution in [3.8, 4) is 0 Å². The van der Waals surface area contributed by atoms with E-state index in [1.807, 2.05) is 0 Å². The lowest BCUT2D eigenvalue weighted by atomic mass is 9.98. The van der Waals surface area contributed by atoms with Crippen LogP contribution in [-0.4, -0.2) is 24.7 Å². The topological polar surface area (TPSA) is 32.7 Å². The molecule has 0 radical (unpaired) electrons. The monoisotopic (exact) mass is 332 g/mol. The molecule has 6 heteroatoms. The van der Waals surface area contributed by atoms with Crippen LogP contribution < -0.4 is 4.90 Å². The summed E-state index contributed by atoms with van der Waals surface area (Å²) in [5.74, 6) is -0.204. The molecule has 0 aromatic heterocycles. The van der Waals surface area contributed by atoms with Gasteiger partial charge in [-0.1, -0.05) is 30.3 Å². The van der Waals surface area contributed by atoms with E-state index in [0.29, 0.717) is 22.5 Å². The Hall–Kier alpha value is -2.63. The van der Waals surface area contributed by atoms with Gasteiger partial charge in [0.1, 0.15) is 6.04 Å². The number of benzene rings is 2. The number of fused-ring (bicyclic) bond motifs is 1. The molecule has 124 valence electrons. The lowest BCUT2D eigenvalue weighted by Crippen LogP contribution is -2.32. The number of nitrogens with zero attached hydrogens (tertiary/aromatic N) is 2. The summed E-state index contributed by atoms with van der Waals surface area (Å²) in [6.07, 6.45) is -4.43. The first-order valence-electron chi connectivity index (χ1n) is 7.41. The summed E-state index contributed by atoms with van der Waals surface area (Å²) in [5.41, 5.74) is 1.26. The Morgan fingerprint density at radius 2 is 1.79 bits per heavy atom. The molecule has 1 heterocycles. The van der Waals surface area contributed by atoms with Gasteiger partial charge in [0.2, 0.25) is 0 Å². The van der Waals surface area contributed by atoms with Gasteiger partial charge in [0.15, 0.2) is 0 Å². The number of carbonyl (C=O) groups is 1.